The number of ether oxygens (including phenoxy) is 1. The lowest BCUT2D eigenvalue weighted by molar-refractivity contribution is -0.117. The number of H-pyrrole nitrogens is 1. The van der Waals surface area contributed by atoms with E-state index in [-0.39, 0.29) is 12.3 Å². The van der Waals surface area contributed by atoms with Gasteiger partial charge in [0.2, 0.25) is 5.91 Å². The summed E-state index contributed by atoms with van der Waals surface area (Å²) in [5.41, 5.74) is 1.59. The maximum absolute atomic E-state index is 12.2. The maximum atomic E-state index is 12.2. The highest BCUT2D eigenvalue weighted by Crippen LogP contribution is 2.20. The Labute approximate surface area is 116 Å². The summed E-state index contributed by atoms with van der Waals surface area (Å²) in [6.45, 7) is 0. The molecule has 104 valence electrons. The molecule has 1 aromatic heterocycles. The van der Waals surface area contributed by atoms with Crippen molar-refractivity contribution in [3.8, 4) is 0 Å². The quantitative estimate of drug-likeness (QED) is 0.854. The summed E-state index contributed by atoms with van der Waals surface area (Å²) in [4.78, 5) is 25.3. The fourth-order valence-corrected chi connectivity index (χ4v) is 1.85. The van der Waals surface area contributed by atoms with Crippen LogP contribution in [0.25, 0.3) is 0 Å². The first-order valence-corrected chi connectivity index (χ1v) is 6.05. The number of anilines is 1. The van der Waals surface area contributed by atoms with Crippen LogP contribution in [0.5, 0.6) is 0 Å². The summed E-state index contributed by atoms with van der Waals surface area (Å²) in [5.74, 6) is -0.618. The predicted molar refractivity (Wildman–Crippen MR) is 73.5 cm³/mol. The molecule has 0 radical (unpaired) electrons. The fourth-order valence-electron chi connectivity index (χ4n) is 1.85. The van der Waals surface area contributed by atoms with E-state index in [4.69, 9.17) is 4.74 Å². The highest BCUT2D eigenvalue weighted by atomic mass is 16.5. The van der Waals surface area contributed by atoms with E-state index in [0.29, 0.717) is 11.3 Å². The van der Waals surface area contributed by atoms with Crippen LogP contribution in [0.3, 0.4) is 0 Å². The monoisotopic (exact) mass is 273 g/mol. The van der Waals surface area contributed by atoms with Gasteiger partial charge in [-0.2, -0.15) is 5.10 Å². The van der Waals surface area contributed by atoms with Crippen molar-refractivity contribution in [1.82, 2.24) is 10.2 Å². The van der Waals surface area contributed by atoms with Crippen molar-refractivity contribution in [2.75, 3.05) is 19.1 Å². The number of carbonyl (C=O) groups is 2. The average molecular weight is 273 g/mol. The number of nitrogens with zero attached hydrogens (tertiary/aromatic N) is 2. The van der Waals surface area contributed by atoms with Gasteiger partial charge < -0.3 is 9.64 Å². The molecule has 1 amide bonds. The third-order valence-corrected chi connectivity index (χ3v) is 2.94. The van der Waals surface area contributed by atoms with E-state index in [2.05, 4.69) is 10.2 Å². The molecule has 1 aromatic carbocycles. The molecule has 0 unspecified atom stereocenters. The first-order chi connectivity index (χ1) is 9.63. The number of aromatic amines is 1. The van der Waals surface area contributed by atoms with Crippen LogP contribution in [-0.2, 0) is 16.0 Å². The lowest BCUT2D eigenvalue weighted by Gasteiger charge is -2.19. The first kappa shape index (κ1) is 13.8. The first-order valence-electron chi connectivity index (χ1n) is 6.05. The van der Waals surface area contributed by atoms with Gasteiger partial charge in [0.05, 0.1) is 24.8 Å². The van der Waals surface area contributed by atoms with Gasteiger partial charge in [-0.25, -0.2) is 4.79 Å². The average Bonchev–Trinajstić information content (AvgIpc) is 2.98. The van der Waals surface area contributed by atoms with Crippen molar-refractivity contribution in [1.29, 1.82) is 0 Å². The molecule has 0 saturated heterocycles. The van der Waals surface area contributed by atoms with Gasteiger partial charge in [-0.05, 0) is 18.2 Å². The Morgan fingerprint density at radius 1 is 1.30 bits per heavy atom. The van der Waals surface area contributed by atoms with E-state index < -0.39 is 5.97 Å². The molecule has 0 atom stereocenters. The van der Waals surface area contributed by atoms with E-state index >= 15 is 0 Å². The second-order valence-corrected chi connectivity index (χ2v) is 4.22. The van der Waals surface area contributed by atoms with E-state index in [1.165, 1.54) is 12.0 Å². The molecule has 6 nitrogen and oxygen atoms in total. The Morgan fingerprint density at radius 3 is 2.70 bits per heavy atom. The van der Waals surface area contributed by atoms with Gasteiger partial charge in [0, 0.05) is 18.9 Å². The molecule has 0 saturated carbocycles. The van der Waals surface area contributed by atoms with Gasteiger partial charge in [0.1, 0.15) is 0 Å². The summed E-state index contributed by atoms with van der Waals surface area (Å²) >= 11 is 0. The van der Waals surface area contributed by atoms with Crippen molar-refractivity contribution in [2.24, 2.45) is 0 Å². The maximum Gasteiger partial charge on any atom is 0.339 e. The van der Waals surface area contributed by atoms with Crippen molar-refractivity contribution < 1.29 is 14.3 Å². The van der Waals surface area contributed by atoms with Crippen molar-refractivity contribution in [2.45, 2.75) is 6.42 Å². The van der Waals surface area contributed by atoms with Crippen LogP contribution in [-0.4, -0.2) is 36.2 Å². The minimum Gasteiger partial charge on any atom is -0.465 e. The number of carbonyl (C=O) groups excluding carboxylic acids is 2. The minimum atomic E-state index is -0.471. The van der Waals surface area contributed by atoms with E-state index in [1.807, 2.05) is 0 Å². The van der Waals surface area contributed by atoms with Crippen molar-refractivity contribution >= 4 is 17.6 Å². The smallest absolute Gasteiger partial charge is 0.339 e. The summed E-state index contributed by atoms with van der Waals surface area (Å²) in [7, 11) is 2.94. The summed E-state index contributed by atoms with van der Waals surface area (Å²) < 4.78 is 4.72. The summed E-state index contributed by atoms with van der Waals surface area (Å²) in [6, 6.07) is 8.56. The molecule has 0 fully saturated rings. The molecule has 1 heterocycles. The number of hydrogen-bond acceptors (Lipinski definition) is 4. The van der Waals surface area contributed by atoms with E-state index in [9.17, 15) is 9.59 Å². The SMILES string of the molecule is COC(=O)c1ccccc1N(C)C(=O)Cc1ccn[nH]1. The number of para-hydroxylation sites is 1. The minimum absolute atomic E-state index is 0.148. The highest BCUT2D eigenvalue weighted by Gasteiger charge is 2.19. The normalized spacial score (nSPS) is 10.1. The third-order valence-electron chi connectivity index (χ3n) is 2.94. The molecule has 2 aromatic rings. The third kappa shape index (κ3) is 2.85. The highest BCUT2D eigenvalue weighted by molar-refractivity contribution is 6.02. The molecule has 0 spiro atoms. The lowest BCUT2D eigenvalue weighted by Crippen LogP contribution is -2.29. The zero-order chi connectivity index (χ0) is 14.5. The molecule has 2 rings (SSSR count). The van der Waals surface area contributed by atoms with Crippen molar-refractivity contribution in [3.05, 3.63) is 47.8 Å². The number of esters is 1. The topological polar surface area (TPSA) is 75.3 Å². The van der Waals surface area contributed by atoms with Crippen LogP contribution >= 0.6 is 0 Å². The number of nitrogens with one attached hydrogen (secondary N) is 1. The number of methoxy groups -OCH3 is 1. The van der Waals surface area contributed by atoms with Gasteiger partial charge in [-0.3, -0.25) is 9.89 Å². The molecule has 0 aliphatic heterocycles. The molecule has 0 bridgehead atoms. The standard InChI is InChI=1S/C14H15N3O3/c1-17(13(18)9-10-7-8-15-16-10)12-6-4-3-5-11(12)14(19)20-2/h3-8H,9H2,1-2H3,(H,15,16). The van der Waals surface area contributed by atoms with Crippen LogP contribution < -0.4 is 4.90 Å². The lowest BCUT2D eigenvalue weighted by atomic mass is 10.1. The van der Waals surface area contributed by atoms with Crippen LogP contribution in [0.4, 0.5) is 5.69 Å². The largest absolute Gasteiger partial charge is 0.465 e. The van der Waals surface area contributed by atoms with E-state index in [1.54, 1.807) is 43.6 Å². The van der Waals surface area contributed by atoms with Crippen LogP contribution in [0.15, 0.2) is 36.5 Å². The zero-order valence-electron chi connectivity index (χ0n) is 11.3. The zero-order valence-corrected chi connectivity index (χ0v) is 11.3. The summed E-state index contributed by atoms with van der Waals surface area (Å²) in [6.07, 6.45) is 1.77. The van der Waals surface area contributed by atoms with E-state index in [0.717, 1.165) is 5.69 Å². The van der Waals surface area contributed by atoms with Gasteiger partial charge >= 0.3 is 5.97 Å². The second kappa shape index (κ2) is 6.01. The van der Waals surface area contributed by atoms with Gasteiger partial charge in [-0.1, -0.05) is 12.1 Å². The van der Waals surface area contributed by atoms with Crippen molar-refractivity contribution in [3.63, 3.8) is 0 Å². The van der Waals surface area contributed by atoms with Crippen LogP contribution in [0.1, 0.15) is 16.1 Å². The molecule has 20 heavy (non-hydrogen) atoms. The Kier molecular flexibility index (Phi) is 4.14. The number of aromatic nitrogens is 2. The predicted octanol–water partition coefficient (Wildman–Crippen LogP) is 1.40. The second-order valence-electron chi connectivity index (χ2n) is 4.22. The summed E-state index contributed by atoms with van der Waals surface area (Å²) in [5, 5.41) is 6.53. The van der Waals surface area contributed by atoms with Gasteiger partial charge in [0.25, 0.3) is 0 Å². The number of rotatable bonds is 4. The Morgan fingerprint density at radius 2 is 2.05 bits per heavy atom. The Bertz CT molecular complexity index is 608. The molecule has 0 aliphatic carbocycles. The molecule has 6 heteroatoms. The molecule has 0 aliphatic rings. The molecular weight excluding hydrogens is 258 g/mol. The molecule has 1 N–H and O–H groups in total. The Hall–Kier alpha value is -2.63. The number of benzene rings is 1. The molecular formula is C14H15N3O3. The number of hydrogen-bond donors (Lipinski definition) is 1. The number of amides is 1. The van der Waals surface area contributed by atoms with Gasteiger partial charge in [0.15, 0.2) is 0 Å². The Balaban J connectivity index is 2.22. The van der Waals surface area contributed by atoms with Crippen LogP contribution in [0.2, 0.25) is 0 Å². The number of likely N-dealkylation sites (N-methyl/N-ethyl adjacent to an activating group) is 1. The fraction of sp³-hybridized carbons (Fsp3) is 0.214. The van der Waals surface area contributed by atoms with Crippen LogP contribution in [0, 0.1) is 0 Å². The van der Waals surface area contributed by atoms with Gasteiger partial charge in [-0.15, -0.1) is 0 Å².